The summed E-state index contributed by atoms with van der Waals surface area (Å²) < 4.78 is 26.5. The van der Waals surface area contributed by atoms with Crippen LogP contribution < -0.4 is 15.4 Å². The van der Waals surface area contributed by atoms with Crippen molar-refractivity contribution >= 4 is 51.3 Å². The first-order chi connectivity index (χ1) is 11.1. The second-order valence-electron chi connectivity index (χ2n) is 4.52. The van der Waals surface area contributed by atoms with Crippen LogP contribution in [0.1, 0.15) is 4.88 Å². The molecule has 132 valence electrons. The van der Waals surface area contributed by atoms with Crippen LogP contribution in [0.3, 0.4) is 0 Å². The maximum atomic E-state index is 12.0. The van der Waals surface area contributed by atoms with Crippen LogP contribution >= 0.6 is 35.3 Å². The zero-order valence-electron chi connectivity index (χ0n) is 13.1. The highest BCUT2D eigenvalue weighted by molar-refractivity contribution is 14.0. The predicted molar refractivity (Wildman–Crippen MR) is 107 cm³/mol. The van der Waals surface area contributed by atoms with Crippen molar-refractivity contribution in [2.24, 2.45) is 4.99 Å². The standard InChI is InChI=1S/C14H19N5O2S2.HI/c1-15-14(18-10-12-4-3-9-22-12)17-7-8-19-23(20,21)13-5-2-6-16-11-13;/h2-6,9,11,19H,7-8,10H2,1H3,(H2,15,17,18);1H. The smallest absolute Gasteiger partial charge is 0.242 e. The number of hydrogen-bond acceptors (Lipinski definition) is 5. The number of sulfonamides is 1. The summed E-state index contributed by atoms with van der Waals surface area (Å²) in [4.78, 5) is 9.25. The van der Waals surface area contributed by atoms with E-state index in [1.54, 1.807) is 24.5 Å². The second kappa shape index (κ2) is 10.6. The minimum Gasteiger partial charge on any atom is -0.355 e. The molecule has 10 heteroatoms. The van der Waals surface area contributed by atoms with Crippen LogP contribution in [0.25, 0.3) is 0 Å². The SMILES string of the molecule is CN=C(NCCNS(=O)(=O)c1cccnc1)NCc1cccs1.I. The van der Waals surface area contributed by atoms with Gasteiger partial charge in [0.05, 0.1) is 6.54 Å². The van der Waals surface area contributed by atoms with Gasteiger partial charge in [-0.2, -0.15) is 0 Å². The van der Waals surface area contributed by atoms with E-state index in [9.17, 15) is 8.42 Å². The first kappa shape index (κ1) is 20.8. The molecule has 0 bridgehead atoms. The monoisotopic (exact) mass is 481 g/mol. The number of aromatic nitrogens is 1. The van der Waals surface area contributed by atoms with Gasteiger partial charge in [-0.1, -0.05) is 6.07 Å². The van der Waals surface area contributed by atoms with Crippen molar-refractivity contribution in [2.45, 2.75) is 11.4 Å². The molecule has 0 fully saturated rings. The molecule has 0 saturated carbocycles. The van der Waals surface area contributed by atoms with E-state index in [0.29, 0.717) is 19.0 Å². The van der Waals surface area contributed by atoms with Crippen LogP contribution in [0.2, 0.25) is 0 Å². The van der Waals surface area contributed by atoms with Crippen LogP contribution in [-0.2, 0) is 16.6 Å². The third-order valence-electron chi connectivity index (χ3n) is 2.89. The van der Waals surface area contributed by atoms with E-state index in [2.05, 4.69) is 25.3 Å². The molecule has 0 saturated heterocycles. The fourth-order valence-electron chi connectivity index (χ4n) is 1.76. The van der Waals surface area contributed by atoms with Crippen LogP contribution in [0.15, 0.2) is 51.9 Å². The Balaban J connectivity index is 0.00000288. The molecule has 2 aromatic rings. The number of nitrogens with one attached hydrogen (secondary N) is 3. The van der Waals surface area contributed by atoms with Gasteiger partial charge in [-0.15, -0.1) is 35.3 Å². The minimum absolute atomic E-state index is 0. The third-order valence-corrected chi connectivity index (χ3v) is 5.21. The van der Waals surface area contributed by atoms with Gasteiger partial charge in [0.2, 0.25) is 10.0 Å². The number of halogens is 1. The van der Waals surface area contributed by atoms with Gasteiger partial charge in [-0.25, -0.2) is 13.1 Å². The molecule has 24 heavy (non-hydrogen) atoms. The first-order valence-electron chi connectivity index (χ1n) is 6.98. The summed E-state index contributed by atoms with van der Waals surface area (Å²) in [6.45, 7) is 1.35. The number of nitrogens with zero attached hydrogens (tertiary/aromatic N) is 2. The number of guanidine groups is 1. The lowest BCUT2D eigenvalue weighted by atomic mass is 10.5. The summed E-state index contributed by atoms with van der Waals surface area (Å²) in [5.74, 6) is 0.624. The van der Waals surface area contributed by atoms with Crippen molar-refractivity contribution in [2.75, 3.05) is 20.1 Å². The van der Waals surface area contributed by atoms with Crippen molar-refractivity contribution in [3.05, 3.63) is 46.9 Å². The van der Waals surface area contributed by atoms with Gasteiger partial charge >= 0.3 is 0 Å². The molecule has 0 atom stereocenters. The van der Waals surface area contributed by atoms with Crippen molar-refractivity contribution in [1.29, 1.82) is 0 Å². The van der Waals surface area contributed by atoms with Crippen molar-refractivity contribution in [3.8, 4) is 0 Å². The maximum absolute atomic E-state index is 12.0. The van der Waals surface area contributed by atoms with Crippen molar-refractivity contribution < 1.29 is 8.42 Å². The van der Waals surface area contributed by atoms with Crippen LogP contribution in [0.5, 0.6) is 0 Å². The topological polar surface area (TPSA) is 95.5 Å². The van der Waals surface area contributed by atoms with E-state index in [4.69, 9.17) is 0 Å². The van der Waals surface area contributed by atoms with Gasteiger partial charge in [0.15, 0.2) is 5.96 Å². The lowest BCUT2D eigenvalue weighted by molar-refractivity contribution is 0.580. The molecule has 7 nitrogen and oxygen atoms in total. The number of aliphatic imine (C=N–C) groups is 1. The highest BCUT2D eigenvalue weighted by atomic mass is 127. The highest BCUT2D eigenvalue weighted by Gasteiger charge is 2.12. The molecule has 0 unspecified atom stereocenters. The molecular weight excluding hydrogens is 461 g/mol. The Labute approximate surface area is 163 Å². The Morgan fingerprint density at radius 3 is 2.71 bits per heavy atom. The number of rotatable bonds is 7. The fourth-order valence-corrected chi connectivity index (χ4v) is 3.40. The highest BCUT2D eigenvalue weighted by Crippen LogP contribution is 2.07. The second-order valence-corrected chi connectivity index (χ2v) is 7.32. The molecule has 0 amide bonds. The fraction of sp³-hybridized carbons (Fsp3) is 0.286. The lowest BCUT2D eigenvalue weighted by Gasteiger charge is -2.12. The van der Waals surface area contributed by atoms with Crippen LogP contribution in [0.4, 0.5) is 0 Å². The molecule has 0 spiro atoms. The Hall–Kier alpha value is -1.24. The molecule has 0 aliphatic carbocycles. The Bertz CT molecular complexity index is 721. The average molecular weight is 481 g/mol. The van der Waals surface area contributed by atoms with E-state index >= 15 is 0 Å². The van der Waals surface area contributed by atoms with Gasteiger partial charge in [-0.3, -0.25) is 9.98 Å². The Kier molecular flexibility index (Phi) is 9.18. The molecular formula is C14H20IN5O2S2. The van der Waals surface area contributed by atoms with E-state index in [-0.39, 0.29) is 35.4 Å². The van der Waals surface area contributed by atoms with Gasteiger partial charge in [0.25, 0.3) is 0 Å². The molecule has 2 aromatic heterocycles. The van der Waals surface area contributed by atoms with Crippen LogP contribution in [-0.4, -0.2) is 39.5 Å². The van der Waals surface area contributed by atoms with Gasteiger partial charge in [0, 0.05) is 37.4 Å². The summed E-state index contributed by atoms with van der Waals surface area (Å²) in [7, 11) is -1.85. The lowest BCUT2D eigenvalue weighted by Crippen LogP contribution is -2.41. The number of thiophene rings is 1. The molecule has 0 aliphatic heterocycles. The largest absolute Gasteiger partial charge is 0.355 e. The summed E-state index contributed by atoms with van der Waals surface area (Å²) in [6.07, 6.45) is 2.85. The van der Waals surface area contributed by atoms with E-state index in [1.165, 1.54) is 23.3 Å². The Morgan fingerprint density at radius 1 is 1.25 bits per heavy atom. The number of pyridine rings is 1. The Morgan fingerprint density at radius 2 is 2.08 bits per heavy atom. The van der Waals surface area contributed by atoms with Crippen LogP contribution in [0, 0.1) is 0 Å². The van der Waals surface area contributed by atoms with Gasteiger partial charge in [-0.05, 0) is 23.6 Å². The molecule has 0 radical (unpaired) electrons. The van der Waals surface area contributed by atoms with Gasteiger partial charge in [0.1, 0.15) is 4.90 Å². The molecule has 2 rings (SSSR count). The van der Waals surface area contributed by atoms with E-state index in [0.717, 1.165) is 0 Å². The summed E-state index contributed by atoms with van der Waals surface area (Å²) >= 11 is 1.66. The van der Waals surface area contributed by atoms with Gasteiger partial charge < -0.3 is 10.6 Å². The average Bonchev–Trinajstić information content (AvgIpc) is 3.08. The molecule has 0 aliphatic rings. The third kappa shape index (κ3) is 6.71. The summed E-state index contributed by atoms with van der Waals surface area (Å²) in [6, 6.07) is 7.12. The number of hydrogen-bond donors (Lipinski definition) is 3. The van der Waals surface area contributed by atoms with E-state index < -0.39 is 10.0 Å². The minimum atomic E-state index is -3.52. The molecule has 0 aromatic carbocycles. The van der Waals surface area contributed by atoms with Crippen molar-refractivity contribution in [1.82, 2.24) is 20.3 Å². The normalized spacial score (nSPS) is 11.6. The zero-order chi connectivity index (χ0) is 16.5. The maximum Gasteiger partial charge on any atom is 0.242 e. The molecule has 3 N–H and O–H groups in total. The predicted octanol–water partition coefficient (Wildman–Crippen LogP) is 1.40. The zero-order valence-corrected chi connectivity index (χ0v) is 17.1. The quantitative estimate of drug-likeness (QED) is 0.241. The molecule has 2 heterocycles. The summed E-state index contributed by atoms with van der Waals surface area (Å²) in [5.41, 5.74) is 0. The first-order valence-corrected chi connectivity index (χ1v) is 9.35. The van der Waals surface area contributed by atoms with Crippen molar-refractivity contribution in [3.63, 3.8) is 0 Å². The van der Waals surface area contributed by atoms with E-state index in [1.807, 2.05) is 17.5 Å². The summed E-state index contributed by atoms with van der Waals surface area (Å²) in [5, 5.41) is 8.23.